The Kier molecular flexibility index (Phi) is 3.50. The standard InChI is InChI=1S/C22H28N2/c1-21(2)18-11-7-6-10-17(18)20(24-22(21,3)4)16-13-15-9-5-8-12-19(15)23-14-16/h5-12,16,20,23-24H,13-14H2,1-4H3. The molecule has 2 aliphatic heterocycles. The fourth-order valence-corrected chi connectivity index (χ4v) is 4.39. The first-order valence-corrected chi connectivity index (χ1v) is 9.09. The monoisotopic (exact) mass is 320 g/mol. The van der Waals surface area contributed by atoms with Gasteiger partial charge >= 0.3 is 0 Å². The van der Waals surface area contributed by atoms with E-state index in [2.05, 4.69) is 86.9 Å². The molecular formula is C22H28N2. The Bertz CT molecular complexity index is 760. The van der Waals surface area contributed by atoms with Crippen molar-refractivity contribution in [2.24, 2.45) is 5.92 Å². The van der Waals surface area contributed by atoms with Crippen molar-refractivity contribution in [3.05, 3.63) is 65.2 Å². The van der Waals surface area contributed by atoms with E-state index < -0.39 is 0 Å². The van der Waals surface area contributed by atoms with Crippen molar-refractivity contribution in [2.45, 2.75) is 51.1 Å². The van der Waals surface area contributed by atoms with Gasteiger partial charge in [-0.15, -0.1) is 0 Å². The van der Waals surface area contributed by atoms with Gasteiger partial charge in [-0.1, -0.05) is 56.3 Å². The fourth-order valence-electron chi connectivity index (χ4n) is 4.39. The third kappa shape index (κ3) is 2.28. The molecule has 0 saturated heterocycles. The minimum absolute atomic E-state index is 0.0585. The predicted octanol–water partition coefficient (Wildman–Crippen LogP) is 4.67. The Morgan fingerprint density at radius 2 is 1.62 bits per heavy atom. The van der Waals surface area contributed by atoms with E-state index in [1.807, 2.05) is 0 Å². The number of anilines is 1. The van der Waals surface area contributed by atoms with E-state index in [9.17, 15) is 0 Å². The van der Waals surface area contributed by atoms with Gasteiger partial charge in [-0.05, 0) is 48.9 Å². The molecule has 0 radical (unpaired) electrons. The molecule has 4 rings (SSSR count). The summed E-state index contributed by atoms with van der Waals surface area (Å²) in [6.45, 7) is 10.5. The first-order chi connectivity index (χ1) is 11.4. The van der Waals surface area contributed by atoms with Crippen LogP contribution in [0.15, 0.2) is 48.5 Å². The number of fused-ring (bicyclic) bond motifs is 2. The van der Waals surface area contributed by atoms with Gasteiger partial charge in [0.25, 0.3) is 0 Å². The predicted molar refractivity (Wildman–Crippen MR) is 102 cm³/mol. The second kappa shape index (κ2) is 5.35. The highest BCUT2D eigenvalue weighted by Gasteiger charge is 2.47. The molecule has 2 unspecified atom stereocenters. The summed E-state index contributed by atoms with van der Waals surface area (Å²) in [6, 6.07) is 18.1. The fraction of sp³-hybridized carbons (Fsp3) is 0.455. The molecule has 2 atom stereocenters. The highest BCUT2D eigenvalue weighted by molar-refractivity contribution is 5.54. The van der Waals surface area contributed by atoms with Crippen LogP contribution in [0.25, 0.3) is 0 Å². The Labute approximate surface area is 145 Å². The zero-order valence-corrected chi connectivity index (χ0v) is 15.2. The summed E-state index contributed by atoms with van der Waals surface area (Å²) >= 11 is 0. The first-order valence-electron chi connectivity index (χ1n) is 9.09. The minimum atomic E-state index is 0.0585. The second-order valence-electron chi connectivity index (χ2n) is 8.46. The second-order valence-corrected chi connectivity index (χ2v) is 8.46. The van der Waals surface area contributed by atoms with E-state index in [1.165, 1.54) is 22.4 Å². The molecule has 2 aromatic rings. The van der Waals surface area contributed by atoms with Gasteiger partial charge in [-0.2, -0.15) is 0 Å². The molecule has 0 amide bonds. The smallest absolute Gasteiger partial charge is 0.0376 e. The van der Waals surface area contributed by atoms with Gasteiger partial charge in [0.15, 0.2) is 0 Å². The van der Waals surface area contributed by atoms with Crippen LogP contribution in [-0.4, -0.2) is 12.1 Å². The summed E-state index contributed by atoms with van der Waals surface area (Å²) in [5.74, 6) is 0.566. The van der Waals surface area contributed by atoms with Crippen LogP contribution in [0.1, 0.15) is 50.4 Å². The number of hydrogen-bond donors (Lipinski definition) is 2. The zero-order chi connectivity index (χ0) is 16.9. The van der Waals surface area contributed by atoms with Crippen molar-refractivity contribution < 1.29 is 0 Å². The molecule has 2 aromatic carbocycles. The summed E-state index contributed by atoms with van der Waals surface area (Å²) in [6.07, 6.45) is 1.13. The van der Waals surface area contributed by atoms with Crippen molar-refractivity contribution in [3.8, 4) is 0 Å². The number of nitrogens with one attached hydrogen (secondary N) is 2. The van der Waals surface area contributed by atoms with Crippen LogP contribution in [0, 0.1) is 5.92 Å². The Morgan fingerprint density at radius 1 is 0.917 bits per heavy atom. The molecule has 0 aliphatic carbocycles. The highest BCUT2D eigenvalue weighted by atomic mass is 15.1. The normalized spacial score (nSPS) is 26.8. The van der Waals surface area contributed by atoms with Crippen LogP contribution in [0.3, 0.4) is 0 Å². The van der Waals surface area contributed by atoms with E-state index in [1.54, 1.807) is 0 Å². The summed E-state index contributed by atoms with van der Waals surface area (Å²) in [5.41, 5.74) is 5.89. The minimum Gasteiger partial charge on any atom is -0.384 e. The lowest BCUT2D eigenvalue weighted by atomic mass is 9.63. The molecule has 0 spiro atoms. The quantitative estimate of drug-likeness (QED) is 0.798. The molecular weight excluding hydrogens is 292 g/mol. The van der Waals surface area contributed by atoms with Gasteiger partial charge in [-0.3, -0.25) is 0 Å². The van der Waals surface area contributed by atoms with Crippen molar-refractivity contribution in [2.75, 3.05) is 11.9 Å². The van der Waals surface area contributed by atoms with Crippen LogP contribution in [-0.2, 0) is 11.8 Å². The SMILES string of the molecule is CC1(C)NC(C2CNc3ccccc3C2)c2ccccc2C1(C)C. The summed E-state index contributed by atoms with van der Waals surface area (Å²) in [5, 5.41) is 7.65. The van der Waals surface area contributed by atoms with E-state index in [0.717, 1.165) is 13.0 Å². The Balaban J connectivity index is 1.74. The molecule has 2 aliphatic rings. The van der Waals surface area contributed by atoms with Crippen LogP contribution in [0.5, 0.6) is 0 Å². The van der Waals surface area contributed by atoms with Gasteiger partial charge in [0, 0.05) is 29.2 Å². The summed E-state index contributed by atoms with van der Waals surface area (Å²) in [7, 11) is 0. The average molecular weight is 320 g/mol. The maximum Gasteiger partial charge on any atom is 0.0376 e. The van der Waals surface area contributed by atoms with Crippen LogP contribution < -0.4 is 10.6 Å². The van der Waals surface area contributed by atoms with Gasteiger partial charge in [-0.25, -0.2) is 0 Å². The molecule has 2 heteroatoms. The highest BCUT2D eigenvalue weighted by Crippen LogP contribution is 2.46. The van der Waals surface area contributed by atoms with Gasteiger partial charge in [0.05, 0.1) is 0 Å². The van der Waals surface area contributed by atoms with Crippen LogP contribution in [0.2, 0.25) is 0 Å². The molecule has 24 heavy (non-hydrogen) atoms. The third-order valence-electron chi connectivity index (χ3n) is 6.57. The van der Waals surface area contributed by atoms with E-state index >= 15 is 0 Å². The van der Waals surface area contributed by atoms with E-state index in [4.69, 9.17) is 0 Å². The molecule has 0 fully saturated rings. The van der Waals surface area contributed by atoms with Gasteiger partial charge < -0.3 is 10.6 Å². The van der Waals surface area contributed by atoms with Gasteiger partial charge in [0.2, 0.25) is 0 Å². The number of rotatable bonds is 1. The van der Waals surface area contributed by atoms with E-state index in [-0.39, 0.29) is 11.0 Å². The van der Waals surface area contributed by atoms with E-state index in [0.29, 0.717) is 12.0 Å². The van der Waals surface area contributed by atoms with Crippen LogP contribution >= 0.6 is 0 Å². The zero-order valence-electron chi connectivity index (χ0n) is 15.2. The maximum absolute atomic E-state index is 4.00. The van der Waals surface area contributed by atoms with Crippen molar-refractivity contribution in [3.63, 3.8) is 0 Å². The topological polar surface area (TPSA) is 24.1 Å². The molecule has 2 N–H and O–H groups in total. The Morgan fingerprint density at radius 3 is 2.46 bits per heavy atom. The molecule has 2 heterocycles. The molecule has 126 valence electrons. The van der Waals surface area contributed by atoms with Crippen LogP contribution in [0.4, 0.5) is 5.69 Å². The number of benzene rings is 2. The van der Waals surface area contributed by atoms with Gasteiger partial charge in [0.1, 0.15) is 0 Å². The molecule has 2 nitrogen and oxygen atoms in total. The molecule has 0 saturated carbocycles. The molecule has 0 aromatic heterocycles. The number of para-hydroxylation sites is 1. The summed E-state index contributed by atoms with van der Waals surface area (Å²) in [4.78, 5) is 0. The summed E-state index contributed by atoms with van der Waals surface area (Å²) < 4.78 is 0. The lowest BCUT2D eigenvalue weighted by molar-refractivity contribution is 0.160. The largest absolute Gasteiger partial charge is 0.384 e. The molecule has 0 bridgehead atoms. The lowest BCUT2D eigenvalue weighted by Gasteiger charge is -2.53. The van der Waals surface area contributed by atoms with Crippen molar-refractivity contribution >= 4 is 5.69 Å². The van der Waals surface area contributed by atoms with Crippen molar-refractivity contribution in [1.82, 2.24) is 5.32 Å². The third-order valence-corrected chi connectivity index (χ3v) is 6.57. The average Bonchev–Trinajstić information content (AvgIpc) is 2.58. The van der Waals surface area contributed by atoms with Crippen molar-refractivity contribution in [1.29, 1.82) is 0 Å². The first kappa shape index (κ1) is 15.7. The maximum atomic E-state index is 4.00. The number of hydrogen-bond acceptors (Lipinski definition) is 2. The lowest BCUT2D eigenvalue weighted by Crippen LogP contribution is -2.60. The Hall–Kier alpha value is -1.80.